The number of hydrogen-bond donors (Lipinski definition) is 1. The van der Waals surface area contributed by atoms with Crippen LogP contribution in [0.1, 0.15) is 21.4 Å². The molecule has 0 radical (unpaired) electrons. The maximum Gasteiger partial charge on any atom is 0.289 e. The zero-order chi connectivity index (χ0) is 10.8. The topological polar surface area (TPSA) is 33.6 Å². The quantitative estimate of drug-likeness (QED) is 0.840. The molecule has 2 heterocycles. The van der Waals surface area contributed by atoms with Gasteiger partial charge in [0.15, 0.2) is 0 Å². The molecule has 0 aliphatic carbocycles. The van der Waals surface area contributed by atoms with E-state index in [1.165, 1.54) is 15.3 Å². The number of rotatable bonds is 1. The van der Waals surface area contributed by atoms with Crippen molar-refractivity contribution >= 4 is 29.8 Å². The first-order valence-corrected chi connectivity index (χ1v) is 5.64. The van der Waals surface area contributed by atoms with Crippen LogP contribution < -0.4 is 5.32 Å². The largest absolute Gasteiger partial charge is 0.468 e. The third-order valence-corrected chi connectivity index (χ3v) is 3.31. The smallest absolute Gasteiger partial charge is 0.289 e. The standard InChI is InChI=1S/C11H14N2OS.ClH/c1-7-6-9(8(2)15-7)10-4-5-12-11(13-10)14-3;/h4-6,10H,1-3H3,(H,12,13);1H. The number of halogens is 1. The fraction of sp³-hybridized carbons (Fsp3) is 0.364. The minimum atomic E-state index is 0. The van der Waals surface area contributed by atoms with Crippen molar-refractivity contribution < 1.29 is 4.74 Å². The molecule has 5 heteroatoms. The lowest BCUT2D eigenvalue weighted by Gasteiger charge is -2.15. The Balaban J connectivity index is 0.00000128. The average molecular weight is 259 g/mol. The van der Waals surface area contributed by atoms with Gasteiger partial charge in [0.1, 0.15) is 6.04 Å². The summed E-state index contributed by atoms with van der Waals surface area (Å²) in [5, 5.41) is 2.95. The predicted molar refractivity (Wildman–Crippen MR) is 70.5 cm³/mol. The minimum absolute atomic E-state index is 0. The Hall–Kier alpha value is -1.00. The van der Waals surface area contributed by atoms with Crippen molar-refractivity contribution in [1.29, 1.82) is 0 Å². The fourth-order valence-corrected chi connectivity index (χ4v) is 2.61. The lowest BCUT2D eigenvalue weighted by atomic mass is 10.1. The molecule has 3 nitrogen and oxygen atoms in total. The van der Waals surface area contributed by atoms with Crippen LogP contribution in [0.2, 0.25) is 0 Å². The number of ether oxygens (including phenoxy) is 1. The van der Waals surface area contributed by atoms with E-state index in [1.807, 2.05) is 23.6 Å². The molecule has 1 aromatic heterocycles. The SMILES string of the molecule is COC1=NC(c2cc(C)sc2C)C=CN1.Cl. The Labute approximate surface area is 106 Å². The van der Waals surface area contributed by atoms with Gasteiger partial charge in [-0.2, -0.15) is 0 Å². The van der Waals surface area contributed by atoms with E-state index < -0.39 is 0 Å². The monoisotopic (exact) mass is 258 g/mol. The molecule has 1 N–H and O–H groups in total. The zero-order valence-electron chi connectivity index (χ0n) is 9.48. The summed E-state index contributed by atoms with van der Waals surface area (Å²) in [4.78, 5) is 7.09. The molecule has 1 aliphatic heterocycles. The second kappa shape index (κ2) is 5.37. The number of nitrogens with zero attached hydrogens (tertiary/aromatic N) is 1. The molecule has 16 heavy (non-hydrogen) atoms. The lowest BCUT2D eigenvalue weighted by molar-refractivity contribution is 0.381. The normalized spacial score (nSPS) is 18.4. The highest BCUT2D eigenvalue weighted by atomic mass is 35.5. The Morgan fingerprint density at radius 2 is 2.19 bits per heavy atom. The van der Waals surface area contributed by atoms with Crippen molar-refractivity contribution in [1.82, 2.24) is 5.32 Å². The second-order valence-electron chi connectivity index (χ2n) is 3.46. The predicted octanol–water partition coefficient (Wildman–Crippen LogP) is 2.95. The Bertz CT molecular complexity index is 426. The molecule has 1 aromatic rings. The third-order valence-electron chi connectivity index (χ3n) is 2.33. The van der Waals surface area contributed by atoms with E-state index in [-0.39, 0.29) is 18.4 Å². The first kappa shape index (κ1) is 13.1. The van der Waals surface area contributed by atoms with Crippen LogP contribution in [0.4, 0.5) is 0 Å². The van der Waals surface area contributed by atoms with Gasteiger partial charge in [-0.15, -0.1) is 23.7 Å². The van der Waals surface area contributed by atoms with Gasteiger partial charge in [-0.3, -0.25) is 0 Å². The minimum Gasteiger partial charge on any atom is -0.468 e. The van der Waals surface area contributed by atoms with Crippen LogP contribution in [0.15, 0.2) is 23.3 Å². The highest BCUT2D eigenvalue weighted by Crippen LogP contribution is 2.30. The Kier molecular flexibility index (Phi) is 4.38. The lowest BCUT2D eigenvalue weighted by Crippen LogP contribution is -2.23. The van der Waals surface area contributed by atoms with Gasteiger partial charge in [0.25, 0.3) is 6.02 Å². The summed E-state index contributed by atoms with van der Waals surface area (Å²) in [5.41, 5.74) is 1.27. The van der Waals surface area contributed by atoms with E-state index in [1.54, 1.807) is 7.11 Å². The van der Waals surface area contributed by atoms with Gasteiger partial charge < -0.3 is 10.1 Å². The van der Waals surface area contributed by atoms with Crippen LogP contribution in [-0.2, 0) is 4.74 Å². The van der Waals surface area contributed by atoms with E-state index in [0.717, 1.165) is 0 Å². The van der Waals surface area contributed by atoms with E-state index in [4.69, 9.17) is 4.74 Å². The van der Waals surface area contributed by atoms with Crippen molar-refractivity contribution in [3.05, 3.63) is 33.7 Å². The van der Waals surface area contributed by atoms with Gasteiger partial charge in [-0.25, -0.2) is 4.99 Å². The number of methoxy groups -OCH3 is 1. The summed E-state index contributed by atoms with van der Waals surface area (Å²) in [6.07, 6.45) is 3.92. The highest BCUT2D eigenvalue weighted by Gasteiger charge is 2.16. The van der Waals surface area contributed by atoms with Gasteiger partial charge >= 0.3 is 0 Å². The molecule has 0 spiro atoms. The van der Waals surface area contributed by atoms with Crippen molar-refractivity contribution in [2.75, 3.05) is 7.11 Å². The highest BCUT2D eigenvalue weighted by molar-refractivity contribution is 7.12. The summed E-state index contributed by atoms with van der Waals surface area (Å²) in [5.74, 6) is 0. The van der Waals surface area contributed by atoms with Crippen LogP contribution in [0, 0.1) is 13.8 Å². The molecule has 88 valence electrons. The zero-order valence-corrected chi connectivity index (χ0v) is 11.1. The number of aliphatic imine (C=N–C) groups is 1. The number of amidine groups is 1. The molecular weight excluding hydrogens is 244 g/mol. The average Bonchev–Trinajstić information content (AvgIpc) is 2.58. The van der Waals surface area contributed by atoms with Crippen LogP contribution >= 0.6 is 23.7 Å². The van der Waals surface area contributed by atoms with Crippen LogP contribution in [0.25, 0.3) is 0 Å². The number of nitrogens with one attached hydrogen (secondary N) is 1. The fourth-order valence-electron chi connectivity index (χ4n) is 1.65. The van der Waals surface area contributed by atoms with Gasteiger partial charge in [0, 0.05) is 16.0 Å². The van der Waals surface area contributed by atoms with E-state index in [9.17, 15) is 0 Å². The molecule has 0 saturated heterocycles. The molecule has 0 saturated carbocycles. The van der Waals surface area contributed by atoms with Crippen molar-refractivity contribution in [2.24, 2.45) is 4.99 Å². The second-order valence-corrected chi connectivity index (χ2v) is 4.92. The van der Waals surface area contributed by atoms with Crippen LogP contribution in [0.5, 0.6) is 0 Å². The number of hydrogen-bond acceptors (Lipinski definition) is 4. The number of aryl methyl sites for hydroxylation is 2. The maximum atomic E-state index is 5.08. The van der Waals surface area contributed by atoms with Crippen molar-refractivity contribution in [3.63, 3.8) is 0 Å². The molecule has 0 fully saturated rings. The molecular formula is C11H15ClN2OS. The first-order valence-electron chi connectivity index (χ1n) is 4.82. The van der Waals surface area contributed by atoms with Gasteiger partial charge in [0.05, 0.1) is 7.11 Å². The summed E-state index contributed by atoms with van der Waals surface area (Å²) < 4.78 is 5.08. The first-order chi connectivity index (χ1) is 7.20. The maximum absolute atomic E-state index is 5.08. The van der Waals surface area contributed by atoms with Crippen molar-refractivity contribution in [3.8, 4) is 0 Å². The molecule has 0 bridgehead atoms. The van der Waals surface area contributed by atoms with Gasteiger partial charge in [0.2, 0.25) is 0 Å². The third kappa shape index (κ3) is 2.57. The molecule has 2 rings (SSSR count). The van der Waals surface area contributed by atoms with E-state index in [0.29, 0.717) is 6.02 Å². The molecule has 1 aliphatic rings. The van der Waals surface area contributed by atoms with Gasteiger partial charge in [-0.05, 0) is 31.6 Å². The van der Waals surface area contributed by atoms with Crippen molar-refractivity contribution in [2.45, 2.75) is 19.9 Å². The Morgan fingerprint density at radius 1 is 1.44 bits per heavy atom. The van der Waals surface area contributed by atoms with E-state index in [2.05, 4.69) is 30.2 Å². The van der Waals surface area contributed by atoms with Crippen LogP contribution in [0.3, 0.4) is 0 Å². The summed E-state index contributed by atoms with van der Waals surface area (Å²) in [6.45, 7) is 4.25. The van der Waals surface area contributed by atoms with Crippen LogP contribution in [-0.4, -0.2) is 13.1 Å². The summed E-state index contributed by atoms with van der Waals surface area (Å²) in [7, 11) is 1.62. The molecule has 1 unspecified atom stereocenters. The Morgan fingerprint density at radius 3 is 2.75 bits per heavy atom. The molecule has 0 amide bonds. The van der Waals surface area contributed by atoms with Gasteiger partial charge in [-0.1, -0.05) is 0 Å². The molecule has 0 aromatic carbocycles. The van der Waals surface area contributed by atoms with E-state index >= 15 is 0 Å². The molecule has 1 atom stereocenters. The number of thiophene rings is 1. The summed E-state index contributed by atoms with van der Waals surface area (Å²) >= 11 is 1.81. The summed E-state index contributed by atoms with van der Waals surface area (Å²) in [6, 6.07) is 2.86.